The summed E-state index contributed by atoms with van der Waals surface area (Å²) in [7, 11) is 0. The van der Waals surface area contributed by atoms with Crippen LogP contribution in [0.2, 0.25) is 0 Å². The lowest BCUT2D eigenvalue weighted by Crippen LogP contribution is -2.40. The highest BCUT2D eigenvalue weighted by atomic mass is 32.2. The summed E-state index contributed by atoms with van der Waals surface area (Å²) in [5.74, 6) is -0.643. The molecule has 1 saturated heterocycles. The molecule has 2 rings (SSSR count). The fourth-order valence-electron chi connectivity index (χ4n) is 3.36. The van der Waals surface area contributed by atoms with Crippen molar-refractivity contribution in [2.75, 3.05) is 0 Å². The van der Waals surface area contributed by atoms with E-state index in [0.29, 0.717) is 12.3 Å². The van der Waals surface area contributed by atoms with Crippen molar-refractivity contribution in [3.05, 3.63) is 0 Å². The Morgan fingerprint density at radius 1 is 1.20 bits per heavy atom. The minimum absolute atomic E-state index is 0.0296. The van der Waals surface area contributed by atoms with E-state index in [4.69, 9.17) is 0 Å². The van der Waals surface area contributed by atoms with Gasteiger partial charge in [-0.15, -0.1) is 11.8 Å². The Bertz CT molecular complexity index is 368. The first-order valence-corrected chi connectivity index (χ1v) is 8.61. The first-order valence-electron chi connectivity index (χ1n) is 7.66. The van der Waals surface area contributed by atoms with Crippen molar-refractivity contribution >= 4 is 23.6 Å². The minimum Gasteiger partial charge on any atom is -0.481 e. The summed E-state index contributed by atoms with van der Waals surface area (Å²) < 4.78 is 0. The number of thioether (sulfide) groups is 1. The molecule has 0 bridgehead atoms. The molecule has 1 aliphatic carbocycles. The summed E-state index contributed by atoms with van der Waals surface area (Å²) in [5, 5.41) is 12.3. The molecule has 114 valence electrons. The van der Waals surface area contributed by atoms with E-state index in [1.807, 2.05) is 13.8 Å². The summed E-state index contributed by atoms with van der Waals surface area (Å²) in [6.45, 7) is 4.00. The van der Waals surface area contributed by atoms with Crippen LogP contribution in [0.1, 0.15) is 52.4 Å². The number of carboxylic acids is 1. The molecule has 0 aromatic rings. The van der Waals surface area contributed by atoms with Gasteiger partial charge in [0.25, 0.3) is 0 Å². The quantitative estimate of drug-likeness (QED) is 0.837. The molecule has 20 heavy (non-hydrogen) atoms. The lowest BCUT2D eigenvalue weighted by Gasteiger charge is -2.23. The van der Waals surface area contributed by atoms with Gasteiger partial charge in [-0.05, 0) is 24.7 Å². The van der Waals surface area contributed by atoms with Gasteiger partial charge in [0.15, 0.2) is 0 Å². The minimum atomic E-state index is -0.794. The van der Waals surface area contributed by atoms with Gasteiger partial charge in [-0.1, -0.05) is 33.1 Å². The second kappa shape index (κ2) is 6.83. The number of hydrogen-bond donors (Lipinski definition) is 2. The standard InChI is InChI=1S/C15H25NO3S/c1-9-10(2)20-14(13(9)15(18)19)16-12(17)8-11-6-4-3-5-7-11/h9-11,13-14H,3-8H2,1-2H3,(H,16,17)(H,18,19). The zero-order valence-corrected chi connectivity index (χ0v) is 13.1. The van der Waals surface area contributed by atoms with E-state index < -0.39 is 11.9 Å². The van der Waals surface area contributed by atoms with Crippen LogP contribution in [-0.4, -0.2) is 27.6 Å². The van der Waals surface area contributed by atoms with Crippen LogP contribution in [0.15, 0.2) is 0 Å². The Morgan fingerprint density at radius 2 is 1.85 bits per heavy atom. The molecule has 2 N–H and O–H groups in total. The van der Waals surface area contributed by atoms with Gasteiger partial charge in [-0.3, -0.25) is 9.59 Å². The number of amides is 1. The zero-order valence-electron chi connectivity index (χ0n) is 12.3. The van der Waals surface area contributed by atoms with Gasteiger partial charge in [0, 0.05) is 11.7 Å². The summed E-state index contributed by atoms with van der Waals surface area (Å²) in [4.78, 5) is 23.5. The molecule has 0 spiro atoms. The number of aliphatic carboxylic acids is 1. The predicted octanol–water partition coefficient (Wildman–Crippen LogP) is 2.87. The summed E-state index contributed by atoms with van der Waals surface area (Å²) in [6.07, 6.45) is 6.57. The molecule has 2 fully saturated rings. The van der Waals surface area contributed by atoms with Crippen LogP contribution >= 0.6 is 11.8 Å². The van der Waals surface area contributed by atoms with E-state index in [1.54, 1.807) is 11.8 Å². The maximum Gasteiger partial charge on any atom is 0.309 e. The lowest BCUT2D eigenvalue weighted by atomic mass is 9.86. The van der Waals surface area contributed by atoms with E-state index >= 15 is 0 Å². The van der Waals surface area contributed by atoms with Gasteiger partial charge >= 0.3 is 5.97 Å². The summed E-state index contributed by atoms with van der Waals surface area (Å²) >= 11 is 1.59. The van der Waals surface area contributed by atoms with E-state index in [2.05, 4.69) is 5.32 Å². The first kappa shape index (κ1) is 15.7. The van der Waals surface area contributed by atoms with Gasteiger partial charge in [-0.2, -0.15) is 0 Å². The molecule has 2 aliphatic rings. The number of carbonyl (C=O) groups excluding carboxylic acids is 1. The number of rotatable bonds is 4. The number of hydrogen-bond acceptors (Lipinski definition) is 3. The molecular weight excluding hydrogens is 274 g/mol. The molecule has 5 heteroatoms. The molecule has 4 atom stereocenters. The Kier molecular flexibility index (Phi) is 5.35. The molecule has 4 nitrogen and oxygen atoms in total. The van der Waals surface area contributed by atoms with Crippen molar-refractivity contribution in [2.45, 2.75) is 63.0 Å². The third kappa shape index (κ3) is 3.68. The fraction of sp³-hybridized carbons (Fsp3) is 0.867. The summed E-state index contributed by atoms with van der Waals surface area (Å²) in [6, 6.07) is 0. The molecule has 0 aromatic carbocycles. The molecule has 0 radical (unpaired) electrons. The average molecular weight is 299 g/mol. The molecule has 1 amide bonds. The van der Waals surface area contributed by atoms with Crippen LogP contribution in [0.5, 0.6) is 0 Å². The number of carboxylic acid groups (broad SMARTS) is 1. The second-order valence-corrected chi connectivity index (χ2v) is 7.78. The Labute approximate surface area is 125 Å². The maximum absolute atomic E-state index is 12.1. The topological polar surface area (TPSA) is 66.4 Å². The van der Waals surface area contributed by atoms with Crippen LogP contribution in [0.25, 0.3) is 0 Å². The van der Waals surface area contributed by atoms with E-state index in [0.717, 1.165) is 12.8 Å². The van der Waals surface area contributed by atoms with Gasteiger partial charge < -0.3 is 10.4 Å². The predicted molar refractivity (Wildman–Crippen MR) is 80.5 cm³/mol. The Balaban J connectivity index is 1.87. The van der Waals surface area contributed by atoms with Crippen molar-refractivity contribution in [2.24, 2.45) is 17.8 Å². The van der Waals surface area contributed by atoms with E-state index in [9.17, 15) is 14.7 Å². The molecule has 1 saturated carbocycles. The van der Waals surface area contributed by atoms with Crippen molar-refractivity contribution in [1.29, 1.82) is 0 Å². The summed E-state index contributed by atoms with van der Waals surface area (Å²) in [5.41, 5.74) is 0. The van der Waals surface area contributed by atoms with Crippen LogP contribution in [0, 0.1) is 17.8 Å². The van der Waals surface area contributed by atoms with Crippen molar-refractivity contribution < 1.29 is 14.7 Å². The molecule has 0 aromatic heterocycles. The Morgan fingerprint density at radius 3 is 2.45 bits per heavy atom. The fourth-order valence-corrected chi connectivity index (χ4v) is 4.97. The van der Waals surface area contributed by atoms with Gasteiger partial charge in [0.2, 0.25) is 5.91 Å². The monoisotopic (exact) mass is 299 g/mol. The van der Waals surface area contributed by atoms with E-state index in [1.165, 1.54) is 19.3 Å². The normalized spacial score (nSPS) is 34.9. The van der Waals surface area contributed by atoms with Crippen molar-refractivity contribution in [1.82, 2.24) is 5.32 Å². The van der Waals surface area contributed by atoms with Crippen LogP contribution < -0.4 is 5.32 Å². The van der Waals surface area contributed by atoms with E-state index in [-0.39, 0.29) is 22.4 Å². The van der Waals surface area contributed by atoms with Gasteiger partial charge in [-0.25, -0.2) is 0 Å². The third-order valence-corrected chi connectivity index (χ3v) is 6.34. The maximum atomic E-state index is 12.1. The van der Waals surface area contributed by atoms with Crippen LogP contribution in [0.4, 0.5) is 0 Å². The van der Waals surface area contributed by atoms with Crippen LogP contribution in [0.3, 0.4) is 0 Å². The highest BCUT2D eigenvalue weighted by molar-refractivity contribution is 8.00. The van der Waals surface area contributed by atoms with Crippen molar-refractivity contribution in [3.63, 3.8) is 0 Å². The average Bonchev–Trinajstić information content (AvgIpc) is 2.65. The molecule has 1 aliphatic heterocycles. The number of carbonyl (C=O) groups is 2. The smallest absolute Gasteiger partial charge is 0.309 e. The SMILES string of the molecule is CC1SC(NC(=O)CC2CCCCC2)C(C(=O)O)C1C. The van der Waals surface area contributed by atoms with Crippen molar-refractivity contribution in [3.8, 4) is 0 Å². The Hall–Kier alpha value is -0.710. The largest absolute Gasteiger partial charge is 0.481 e. The zero-order chi connectivity index (χ0) is 14.7. The van der Waals surface area contributed by atoms with Gasteiger partial charge in [0.05, 0.1) is 11.3 Å². The molecule has 1 heterocycles. The third-order valence-electron chi connectivity index (χ3n) is 4.78. The van der Waals surface area contributed by atoms with Crippen LogP contribution in [-0.2, 0) is 9.59 Å². The number of nitrogens with one attached hydrogen (secondary N) is 1. The second-order valence-electron chi connectivity index (χ2n) is 6.26. The first-order chi connectivity index (χ1) is 9.49. The van der Waals surface area contributed by atoms with Gasteiger partial charge in [0.1, 0.15) is 0 Å². The molecule has 4 unspecified atom stereocenters. The lowest BCUT2D eigenvalue weighted by molar-refractivity contribution is -0.143. The molecular formula is C15H25NO3S. The highest BCUT2D eigenvalue weighted by Crippen LogP contribution is 2.41. The highest BCUT2D eigenvalue weighted by Gasteiger charge is 2.44.